The quantitative estimate of drug-likeness (QED) is 0.504. The second-order valence-corrected chi connectivity index (χ2v) is 8.20. The number of imidazole rings is 1. The smallest absolute Gasteiger partial charge is 0.167 e. The first-order valence-corrected chi connectivity index (χ1v) is 9.71. The topological polar surface area (TPSA) is 148 Å². The molecule has 132 valence electrons. The van der Waals surface area contributed by atoms with Crippen LogP contribution in [0.4, 0.5) is 5.82 Å². The largest absolute Gasteiger partial charge is 0.848 e. The van der Waals surface area contributed by atoms with Crippen LogP contribution in [0.2, 0.25) is 0 Å². The first-order valence-electron chi connectivity index (χ1n) is 7.74. The third-order valence-corrected chi connectivity index (χ3v) is 6.00. The van der Waals surface area contributed by atoms with E-state index in [0.29, 0.717) is 23.5 Å². The number of ether oxygens (including phenoxy) is 1. The molecule has 3 rings (SSSR count). The van der Waals surface area contributed by atoms with Crippen LogP contribution in [0.25, 0.3) is 11.2 Å². The minimum Gasteiger partial charge on any atom is -0.848 e. The Labute approximate surface area is 142 Å². The molecule has 1 unspecified atom stereocenters. The molecular formula is C14H22N6O3S. The van der Waals surface area contributed by atoms with Gasteiger partial charge in [-0.3, -0.25) is 4.57 Å². The van der Waals surface area contributed by atoms with Gasteiger partial charge in [-0.2, -0.15) is 0 Å². The molecule has 1 aliphatic heterocycles. The van der Waals surface area contributed by atoms with Gasteiger partial charge in [0.25, 0.3) is 0 Å². The summed E-state index contributed by atoms with van der Waals surface area (Å²) in [5.41, 5.74) is 12.2. The molecule has 2 aromatic heterocycles. The predicted octanol–water partition coefficient (Wildman–Crippen LogP) is -2.01. The van der Waals surface area contributed by atoms with Gasteiger partial charge in [0.1, 0.15) is 23.3 Å². The van der Waals surface area contributed by atoms with Crippen LogP contribution >= 0.6 is 0 Å². The third kappa shape index (κ3) is 3.20. The lowest BCUT2D eigenvalue weighted by atomic mass is 10.1. The van der Waals surface area contributed by atoms with Crippen molar-refractivity contribution in [3.63, 3.8) is 0 Å². The van der Waals surface area contributed by atoms with Crippen molar-refractivity contribution in [1.82, 2.24) is 19.5 Å². The van der Waals surface area contributed by atoms with Crippen LogP contribution in [0.5, 0.6) is 0 Å². The van der Waals surface area contributed by atoms with Crippen LogP contribution in [-0.4, -0.2) is 67.2 Å². The van der Waals surface area contributed by atoms with Gasteiger partial charge in [0.2, 0.25) is 0 Å². The van der Waals surface area contributed by atoms with Gasteiger partial charge < -0.3 is 26.4 Å². The number of aliphatic hydroxyl groups is 1. The molecule has 5 atom stereocenters. The van der Waals surface area contributed by atoms with Gasteiger partial charge in [0.05, 0.1) is 24.8 Å². The van der Waals surface area contributed by atoms with Crippen molar-refractivity contribution < 1.29 is 14.9 Å². The minimum absolute atomic E-state index is 0.0255. The van der Waals surface area contributed by atoms with E-state index >= 15 is 0 Å². The molecule has 0 radical (unpaired) electrons. The molecule has 9 nitrogen and oxygen atoms in total. The maximum absolute atomic E-state index is 12.4. The molecule has 3 heterocycles. The predicted molar refractivity (Wildman–Crippen MR) is 90.1 cm³/mol. The number of fused-ring (bicyclic) bond motifs is 1. The molecule has 1 saturated heterocycles. The van der Waals surface area contributed by atoms with Crippen molar-refractivity contribution in [2.24, 2.45) is 5.73 Å². The Hall–Kier alpha value is -1.46. The Morgan fingerprint density at radius 2 is 2.21 bits per heavy atom. The highest BCUT2D eigenvalue weighted by Gasteiger charge is 2.41. The van der Waals surface area contributed by atoms with Crippen molar-refractivity contribution in [2.45, 2.75) is 31.0 Å². The summed E-state index contributed by atoms with van der Waals surface area (Å²) >= 11 is 0. The van der Waals surface area contributed by atoms with E-state index in [0.717, 1.165) is 12.2 Å². The number of aromatic nitrogens is 4. The van der Waals surface area contributed by atoms with Crippen LogP contribution in [0.1, 0.15) is 12.6 Å². The maximum Gasteiger partial charge on any atom is 0.167 e. The maximum atomic E-state index is 12.4. The average Bonchev–Trinajstić information content (AvgIpc) is 3.10. The van der Waals surface area contributed by atoms with Gasteiger partial charge in [-0.05, 0) is 17.4 Å². The molecule has 1 fully saturated rings. The van der Waals surface area contributed by atoms with Crippen molar-refractivity contribution >= 4 is 27.9 Å². The number of aliphatic hydroxyl groups excluding tert-OH is 1. The lowest BCUT2D eigenvalue weighted by molar-refractivity contribution is -0.438. The summed E-state index contributed by atoms with van der Waals surface area (Å²) in [5, 5.41) is 22.8. The zero-order valence-electron chi connectivity index (χ0n) is 13.4. The highest BCUT2D eigenvalue weighted by atomic mass is 32.2. The van der Waals surface area contributed by atoms with Gasteiger partial charge in [-0.15, -0.1) is 0 Å². The fourth-order valence-electron chi connectivity index (χ4n) is 2.83. The average molecular weight is 354 g/mol. The summed E-state index contributed by atoms with van der Waals surface area (Å²) < 4.78 is 7.42. The van der Waals surface area contributed by atoms with Crippen LogP contribution < -0.4 is 16.6 Å². The fraction of sp³-hybridized carbons (Fsp3) is 0.643. The van der Waals surface area contributed by atoms with E-state index in [1.165, 1.54) is 12.7 Å². The van der Waals surface area contributed by atoms with Gasteiger partial charge in [0, 0.05) is 6.42 Å². The summed E-state index contributed by atoms with van der Waals surface area (Å²) in [6, 6.07) is 0. The molecule has 0 amide bonds. The highest BCUT2D eigenvalue weighted by Crippen LogP contribution is 2.31. The van der Waals surface area contributed by atoms with Crippen molar-refractivity contribution in [3.05, 3.63) is 12.7 Å². The summed E-state index contributed by atoms with van der Waals surface area (Å²) in [6.45, 7) is 0.636. The van der Waals surface area contributed by atoms with E-state index in [1.54, 1.807) is 4.57 Å². The van der Waals surface area contributed by atoms with Gasteiger partial charge in [0.15, 0.2) is 17.7 Å². The molecule has 2 aromatic rings. The molecule has 24 heavy (non-hydrogen) atoms. The first-order chi connectivity index (χ1) is 11.5. The number of hydrogen-bond acceptors (Lipinski definition) is 8. The Morgan fingerprint density at radius 3 is 2.96 bits per heavy atom. The first kappa shape index (κ1) is 17.4. The minimum atomic E-state index is -1.21. The Kier molecular flexibility index (Phi) is 5.21. The molecule has 1 aliphatic rings. The lowest BCUT2D eigenvalue weighted by Gasteiger charge is -2.24. The highest BCUT2D eigenvalue weighted by molar-refractivity contribution is 7.96. The van der Waals surface area contributed by atoms with E-state index < -0.39 is 24.5 Å². The number of nitrogen functional groups attached to an aromatic ring is 1. The van der Waals surface area contributed by atoms with Crippen LogP contribution in [0.3, 0.4) is 0 Å². The summed E-state index contributed by atoms with van der Waals surface area (Å²) in [4.78, 5) is 12.2. The third-order valence-electron chi connectivity index (χ3n) is 4.12. The SMILES string of the molecule is C[S+](CCCN)C[C@H]1O[C@@H](n2cnc3c(N)ncnc32)[C@H](O)[C@@H]1[O-]. The standard InChI is InChI=1S/C14H22N6O3S/c1-24(4-2-3-15)5-8-10(21)11(22)14(23-8)20-7-19-9-12(16)17-6-18-13(9)20/h6-8,10-11,14,22H,2-5,15H2,1H3,(H2,16,17,18)/t8-,10-,11-,14-,24?/m1/s1. The van der Waals surface area contributed by atoms with E-state index in [2.05, 4.69) is 21.2 Å². The number of nitrogens with zero attached hydrogens (tertiary/aromatic N) is 4. The normalized spacial score (nSPS) is 28.5. The Balaban J connectivity index is 1.78. The van der Waals surface area contributed by atoms with Crippen molar-refractivity contribution in [2.75, 3.05) is 30.0 Å². The molecule has 10 heteroatoms. The van der Waals surface area contributed by atoms with Crippen molar-refractivity contribution in [1.29, 1.82) is 0 Å². The molecular weight excluding hydrogens is 332 g/mol. The van der Waals surface area contributed by atoms with E-state index in [-0.39, 0.29) is 16.7 Å². The van der Waals surface area contributed by atoms with Crippen LogP contribution in [-0.2, 0) is 15.6 Å². The summed E-state index contributed by atoms with van der Waals surface area (Å²) in [6.07, 6.45) is 2.06. The number of hydrogen-bond donors (Lipinski definition) is 3. The van der Waals surface area contributed by atoms with Gasteiger partial charge in [-0.25, -0.2) is 15.0 Å². The molecule has 5 N–H and O–H groups in total. The summed E-state index contributed by atoms with van der Waals surface area (Å²) in [5.74, 6) is 1.82. The van der Waals surface area contributed by atoms with E-state index in [1.807, 2.05) is 0 Å². The zero-order valence-corrected chi connectivity index (χ0v) is 14.2. The molecule has 0 saturated carbocycles. The van der Waals surface area contributed by atoms with Crippen LogP contribution in [0, 0.1) is 0 Å². The number of nitrogens with two attached hydrogens (primary N) is 2. The Bertz CT molecular complexity index is 698. The van der Waals surface area contributed by atoms with Gasteiger partial charge in [-0.1, -0.05) is 6.10 Å². The van der Waals surface area contributed by atoms with Gasteiger partial charge >= 0.3 is 0 Å². The molecule has 0 aliphatic carbocycles. The lowest BCUT2D eigenvalue weighted by Crippen LogP contribution is -2.45. The molecule has 0 bridgehead atoms. The number of anilines is 1. The van der Waals surface area contributed by atoms with E-state index in [4.69, 9.17) is 16.2 Å². The molecule has 0 aromatic carbocycles. The van der Waals surface area contributed by atoms with Crippen LogP contribution in [0.15, 0.2) is 12.7 Å². The summed E-state index contributed by atoms with van der Waals surface area (Å²) in [7, 11) is 0.0255. The Morgan fingerprint density at radius 1 is 1.42 bits per heavy atom. The van der Waals surface area contributed by atoms with E-state index in [9.17, 15) is 10.2 Å². The fourth-order valence-corrected chi connectivity index (χ4v) is 4.49. The molecule has 0 spiro atoms. The second kappa shape index (κ2) is 7.19. The zero-order chi connectivity index (χ0) is 17.3. The second-order valence-electron chi connectivity index (χ2n) is 5.90. The van der Waals surface area contributed by atoms with Crippen molar-refractivity contribution in [3.8, 4) is 0 Å². The number of rotatable bonds is 6. The monoisotopic (exact) mass is 354 g/mol.